The topological polar surface area (TPSA) is 39.1 Å². The van der Waals surface area contributed by atoms with Gasteiger partial charge in [0.1, 0.15) is 5.82 Å². The van der Waals surface area contributed by atoms with Gasteiger partial charge in [-0.05, 0) is 64.8 Å². The van der Waals surface area contributed by atoms with Crippen LogP contribution in [0.25, 0.3) is 21.9 Å². The third-order valence-corrected chi connectivity index (χ3v) is 6.03. The Morgan fingerprint density at radius 1 is 1.00 bits per heavy atom. The van der Waals surface area contributed by atoms with Crippen molar-refractivity contribution in [2.45, 2.75) is 26.2 Å². The van der Waals surface area contributed by atoms with Gasteiger partial charge < -0.3 is 4.57 Å². The summed E-state index contributed by atoms with van der Waals surface area (Å²) in [6.07, 6.45) is 4.57. The minimum Gasteiger partial charge on any atom is -0.317 e. The van der Waals surface area contributed by atoms with Crippen LogP contribution in [0.3, 0.4) is 0 Å². The number of aromatic nitrogens is 1. The van der Waals surface area contributed by atoms with E-state index in [1.165, 1.54) is 6.08 Å². The minimum absolute atomic E-state index is 0.00471. The highest BCUT2D eigenvalue weighted by molar-refractivity contribution is 5.96. The predicted molar refractivity (Wildman–Crippen MR) is 132 cm³/mol. The van der Waals surface area contributed by atoms with Crippen molar-refractivity contribution < 1.29 is 9.18 Å². The number of ketones is 1. The van der Waals surface area contributed by atoms with Crippen molar-refractivity contribution in [3.05, 3.63) is 118 Å². The van der Waals surface area contributed by atoms with Gasteiger partial charge in [-0.2, -0.15) is 0 Å². The quantitative estimate of drug-likeness (QED) is 0.335. The lowest BCUT2D eigenvalue weighted by Gasteiger charge is -2.16. The first kappa shape index (κ1) is 22.4. The molecular formula is C29H26FNO2. The minimum atomic E-state index is -0.230. The molecule has 4 heteroatoms. The summed E-state index contributed by atoms with van der Waals surface area (Å²) >= 11 is 0. The van der Waals surface area contributed by atoms with Crippen LogP contribution >= 0.6 is 0 Å². The molecule has 4 rings (SSSR count). The molecule has 0 saturated carbocycles. The van der Waals surface area contributed by atoms with Crippen molar-refractivity contribution in [1.29, 1.82) is 0 Å². The molecule has 0 bridgehead atoms. The smallest absolute Gasteiger partial charge is 0.258 e. The van der Waals surface area contributed by atoms with Crippen molar-refractivity contribution in [2.75, 3.05) is 0 Å². The highest BCUT2D eigenvalue weighted by atomic mass is 19.1. The maximum absolute atomic E-state index is 14.7. The summed E-state index contributed by atoms with van der Waals surface area (Å²) in [4.78, 5) is 24.5. The van der Waals surface area contributed by atoms with Gasteiger partial charge in [-0.1, -0.05) is 55.1 Å². The van der Waals surface area contributed by atoms with Gasteiger partial charge in [0.15, 0.2) is 5.78 Å². The van der Waals surface area contributed by atoms with Crippen molar-refractivity contribution in [1.82, 2.24) is 4.57 Å². The lowest BCUT2D eigenvalue weighted by atomic mass is 9.90. The Morgan fingerprint density at radius 3 is 2.45 bits per heavy atom. The van der Waals surface area contributed by atoms with E-state index in [1.54, 1.807) is 17.7 Å². The summed E-state index contributed by atoms with van der Waals surface area (Å²) in [5, 5.41) is 1.49. The molecule has 0 aliphatic carbocycles. The van der Waals surface area contributed by atoms with Crippen LogP contribution in [0.2, 0.25) is 0 Å². The maximum Gasteiger partial charge on any atom is 0.258 e. The van der Waals surface area contributed by atoms with Gasteiger partial charge in [-0.3, -0.25) is 9.59 Å². The number of hydrogen-bond acceptors (Lipinski definition) is 2. The molecule has 0 saturated heterocycles. The molecule has 0 spiro atoms. The van der Waals surface area contributed by atoms with Crippen molar-refractivity contribution in [2.24, 2.45) is 7.05 Å². The van der Waals surface area contributed by atoms with Crippen LogP contribution in [0.1, 0.15) is 28.7 Å². The first-order valence-corrected chi connectivity index (χ1v) is 11.0. The average molecular weight is 440 g/mol. The Hall–Kier alpha value is -3.79. The van der Waals surface area contributed by atoms with Crippen molar-refractivity contribution >= 4 is 16.6 Å². The molecule has 33 heavy (non-hydrogen) atoms. The summed E-state index contributed by atoms with van der Waals surface area (Å²) in [5.41, 5.74) is 5.24. The second kappa shape index (κ2) is 9.37. The number of rotatable bonds is 7. The highest BCUT2D eigenvalue weighted by Crippen LogP contribution is 2.32. The van der Waals surface area contributed by atoms with Crippen LogP contribution in [0.4, 0.5) is 4.39 Å². The van der Waals surface area contributed by atoms with Crippen LogP contribution < -0.4 is 5.56 Å². The van der Waals surface area contributed by atoms with E-state index in [2.05, 4.69) is 12.6 Å². The third-order valence-electron chi connectivity index (χ3n) is 6.03. The fourth-order valence-electron chi connectivity index (χ4n) is 4.19. The molecular weight excluding hydrogens is 413 g/mol. The van der Waals surface area contributed by atoms with E-state index in [4.69, 9.17) is 0 Å². The van der Waals surface area contributed by atoms with Crippen molar-refractivity contribution in [3.63, 3.8) is 0 Å². The van der Waals surface area contributed by atoms with Gasteiger partial charge in [0, 0.05) is 37.0 Å². The van der Waals surface area contributed by atoms with E-state index in [0.29, 0.717) is 30.2 Å². The molecule has 0 aliphatic heterocycles. The Labute approximate surface area is 192 Å². The first-order valence-electron chi connectivity index (χ1n) is 11.0. The maximum atomic E-state index is 14.7. The Balaban J connectivity index is 1.89. The number of carbonyl (C=O) groups excluding carboxylic acids is 1. The molecule has 0 atom stereocenters. The van der Waals surface area contributed by atoms with Gasteiger partial charge in [-0.25, -0.2) is 4.39 Å². The number of allylic oxidation sites excluding steroid dienone is 1. The van der Waals surface area contributed by atoms with E-state index in [1.807, 2.05) is 61.7 Å². The van der Waals surface area contributed by atoms with E-state index < -0.39 is 0 Å². The SMILES string of the molecule is C=CC(=O)CCc1ccc(Cc2ccc(C)cc2F)c(-c2cn(C)c(=O)c3ccccc23)c1. The number of pyridine rings is 1. The summed E-state index contributed by atoms with van der Waals surface area (Å²) in [6, 6.07) is 18.9. The largest absolute Gasteiger partial charge is 0.317 e. The molecule has 0 amide bonds. The fraction of sp³-hybridized carbons (Fsp3) is 0.172. The van der Waals surface area contributed by atoms with Crippen LogP contribution in [0, 0.1) is 12.7 Å². The van der Waals surface area contributed by atoms with Gasteiger partial charge in [-0.15, -0.1) is 0 Å². The number of aryl methyl sites for hydroxylation is 3. The zero-order valence-corrected chi connectivity index (χ0v) is 18.9. The first-order chi connectivity index (χ1) is 15.9. The average Bonchev–Trinajstić information content (AvgIpc) is 2.82. The van der Waals surface area contributed by atoms with E-state index in [9.17, 15) is 14.0 Å². The molecule has 0 fully saturated rings. The monoisotopic (exact) mass is 439 g/mol. The standard InChI is InChI=1S/C29H26FNO2/c1-4-23(32)14-11-20-10-13-21(17-22-12-9-19(2)15-28(22)30)26(16-20)27-18-31(3)29(33)25-8-6-5-7-24(25)27/h4-10,12-13,15-16,18H,1,11,14,17H2,2-3H3. The second-order valence-electron chi connectivity index (χ2n) is 8.44. The second-order valence-corrected chi connectivity index (χ2v) is 8.44. The third kappa shape index (κ3) is 4.70. The number of hydrogen-bond donors (Lipinski definition) is 0. The number of fused-ring (bicyclic) bond motifs is 1. The normalized spacial score (nSPS) is 11.0. The van der Waals surface area contributed by atoms with Crippen molar-refractivity contribution in [3.8, 4) is 11.1 Å². The van der Waals surface area contributed by atoms with Crippen LogP contribution in [0.5, 0.6) is 0 Å². The van der Waals surface area contributed by atoms with Gasteiger partial charge in [0.2, 0.25) is 0 Å². The Bertz CT molecular complexity index is 1430. The molecule has 1 heterocycles. The summed E-state index contributed by atoms with van der Waals surface area (Å²) in [6.45, 7) is 5.42. The van der Waals surface area contributed by atoms with E-state index in [-0.39, 0.29) is 17.2 Å². The Kier molecular flexibility index (Phi) is 6.36. The lowest BCUT2D eigenvalue weighted by Crippen LogP contribution is -2.16. The number of halogens is 1. The van der Waals surface area contributed by atoms with Gasteiger partial charge in [0.05, 0.1) is 0 Å². The lowest BCUT2D eigenvalue weighted by molar-refractivity contribution is -0.114. The number of benzene rings is 3. The fourth-order valence-corrected chi connectivity index (χ4v) is 4.19. The predicted octanol–water partition coefficient (Wildman–Crippen LogP) is 5.93. The highest BCUT2D eigenvalue weighted by Gasteiger charge is 2.15. The molecule has 0 N–H and O–H groups in total. The number of nitrogens with zero attached hydrogens (tertiary/aromatic N) is 1. The molecule has 1 aromatic heterocycles. The summed E-state index contributed by atoms with van der Waals surface area (Å²) in [7, 11) is 1.74. The van der Waals surface area contributed by atoms with Crippen LogP contribution in [-0.2, 0) is 24.7 Å². The van der Waals surface area contributed by atoms with Crippen LogP contribution in [-0.4, -0.2) is 10.4 Å². The zero-order chi connectivity index (χ0) is 23.5. The molecule has 0 aliphatic rings. The number of carbonyl (C=O) groups is 1. The Morgan fingerprint density at radius 2 is 1.73 bits per heavy atom. The molecule has 0 unspecified atom stereocenters. The summed E-state index contributed by atoms with van der Waals surface area (Å²) < 4.78 is 16.3. The molecule has 166 valence electrons. The molecule has 0 radical (unpaired) electrons. The van der Waals surface area contributed by atoms with Gasteiger partial charge >= 0.3 is 0 Å². The van der Waals surface area contributed by atoms with E-state index in [0.717, 1.165) is 33.2 Å². The summed E-state index contributed by atoms with van der Waals surface area (Å²) in [5.74, 6) is -0.234. The zero-order valence-electron chi connectivity index (χ0n) is 18.9. The molecule has 3 aromatic carbocycles. The van der Waals surface area contributed by atoms with E-state index >= 15 is 0 Å². The molecule has 4 aromatic rings. The van der Waals surface area contributed by atoms with Gasteiger partial charge in [0.25, 0.3) is 5.56 Å². The van der Waals surface area contributed by atoms with Crippen LogP contribution in [0.15, 0.2) is 84.3 Å². The molecule has 3 nitrogen and oxygen atoms in total.